The first-order valence-corrected chi connectivity index (χ1v) is 15.1. The first-order chi connectivity index (χ1) is 18.6. The number of hydrogen-bond acceptors (Lipinski definition) is 5. The predicted molar refractivity (Wildman–Crippen MR) is 151 cm³/mol. The number of rotatable bonds is 9. The van der Waals surface area contributed by atoms with Crippen molar-refractivity contribution in [1.82, 2.24) is 0 Å². The molecule has 6 heteroatoms. The molecule has 0 bridgehead atoms. The van der Waals surface area contributed by atoms with E-state index in [1.165, 1.54) is 29.4 Å². The van der Waals surface area contributed by atoms with Crippen LogP contribution in [0.25, 0.3) is 11.1 Å². The number of aryl methyl sites for hydroxylation is 3. The number of ether oxygens (including phenoxy) is 3. The average Bonchev–Trinajstić information content (AvgIpc) is 3.13. The summed E-state index contributed by atoms with van der Waals surface area (Å²) in [5.41, 5.74) is 7.52. The summed E-state index contributed by atoms with van der Waals surface area (Å²) >= 11 is 0. The van der Waals surface area contributed by atoms with Gasteiger partial charge in [-0.2, -0.15) is 0 Å². The molecule has 1 aliphatic heterocycles. The van der Waals surface area contributed by atoms with Gasteiger partial charge in [0, 0.05) is 28.7 Å². The fourth-order valence-electron chi connectivity index (χ4n) is 5.27. The molecule has 3 aromatic rings. The highest BCUT2D eigenvalue weighted by atomic mass is 32.2. The Bertz CT molecular complexity index is 1270. The fourth-order valence-corrected chi connectivity index (χ4v) is 6.67. The van der Waals surface area contributed by atoms with Crippen LogP contribution in [-0.4, -0.2) is 35.4 Å². The summed E-state index contributed by atoms with van der Waals surface area (Å²) in [4.78, 5) is 11.4. The lowest BCUT2D eigenvalue weighted by molar-refractivity contribution is -0.140. The third-order valence-electron chi connectivity index (χ3n) is 7.60. The van der Waals surface area contributed by atoms with Crippen molar-refractivity contribution in [2.24, 2.45) is 5.92 Å². The van der Waals surface area contributed by atoms with Crippen LogP contribution in [-0.2, 0) is 46.2 Å². The van der Waals surface area contributed by atoms with Gasteiger partial charge in [0.25, 0.3) is 0 Å². The Hall–Kier alpha value is -3.12. The Morgan fingerprint density at radius 3 is 2.37 bits per heavy atom. The lowest BCUT2D eigenvalue weighted by atomic mass is 9.95. The number of fused-ring (bicyclic) bond motifs is 3. The number of methoxy groups -OCH3 is 1. The van der Waals surface area contributed by atoms with Crippen molar-refractivity contribution in [1.29, 1.82) is 0 Å². The maximum Gasteiger partial charge on any atom is 0.305 e. The first-order valence-electron chi connectivity index (χ1n) is 13.6. The average molecular weight is 533 g/mol. The van der Waals surface area contributed by atoms with Crippen LogP contribution in [0, 0.1) is 5.92 Å². The smallest absolute Gasteiger partial charge is 0.305 e. The number of hydrogen-bond donors (Lipinski definition) is 0. The molecule has 1 aliphatic carbocycles. The molecule has 0 aromatic heterocycles. The van der Waals surface area contributed by atoms with Crippen molar-refractivity contribution in [3.8, 4) is 22.6 Å². The molecule has 1 fully saturated rings. The van der Waals surface area contributed by atoms with Gasteiger partial charge in [0.1, 0.15) is 18.1 Å². The van der Waals surface area contributed by atoms with E-state index in [-0.39, 0.29) is 5.97 Å². The lowest BCUT2D eigenvalue weighted by Crippen LogP contribution is -2.23. The monoisotopic (exact) mass is 532 g/mol. The molecule has 0 atom stereocenters. The Balaban J connectivity index is 1.23. The third kappa shape index (κ3) is 6.84. The SMILES string of the molecule is COC(=O)CCc1ccc(OCc2ccc3c(c2)-c2ccc(OCC4CCS(=O)CC4)cc2CCC3)cc1. The van der Waals surface area contributed by atoms with Gasteiger partial charge in [0.2, 0.25) is 0 Å². The molecule has 5 nitrogen and oxygen atoms in total. The Morgan fingerprint density at radius 1 is 0.842 bits per heavy atom. The molecule has 0 spiro atoms. The van der Waals surface area contributed by atoms with Gasteiger partial charge in [-0.05, 0) is 108 Å². The van der Waals surface area contributed by atoms with Gasteiger partial charge in [-0.25, -0.2) is 0 Å². The minimum atomic E-state index is -0.631. The summed E-state index contributed by atoms with van der Waals surface area (Å²) in [6.07, 6.45) is 6.25. The van der Waals surface area contributed by atoms with Crippen LogP contribution in [0.15, 0.2) is 60.7 Å². The van der Waals surface area contributed by atoms with E-state index in [0.717, 1.165) is 66.2 Å². The van der Waals surface area contributed by atoms with Gasteiger partial charge in [-0.15, -0.1) is 0 Å². The van der Waals surface area contributed by atoms with E-state index < -0.39 is 10.8 Å². The molecule has 0 unspecified atom stereocenters. The highest BCUT2D eigenvalue weighted by molar-refractivity contribution is 7.85. The van der Waals surface area contributed by atoms with Crippen molar-refractivity contribution < 1.29 is 23.2 Å². The third-order valence-corrected chi connectivity index (χ3v) is 8.98. The minimum Gasteiger partial charge on any atom is -0.493 e. The molecule has 2 aliphatic rings. The second-order valence-electron chi connectivity index (χ2n) is 10.3. The van der Waals surface area contributed by atoms with Crippen molar-refractivity contribution in [3.63, 3.8) is 0 Å². The Labute approximate surface area is 228 Å². The van der Waals surface area contributed by atoms with Gasteiger partial charge < -0.3 is 14.2 Å². The number of benzene rings is 3. The van der Waals surface area contributed by atoms with Crippen LogP contribution in [0.5, 0.6) is 11.5 Å². The van der Waals surface area contributed by atoms with Crippen LogP contribution in [0.4, 0.5) is 0 Å². The largest absolute Gasteiger partial charge is 0.493 e. The van der Waals surface area contributed by atoms with Gasteiger partial charge in [-0.3, -0.25) is 9.00 Å². The topological polar surface area (TPSA) is 61.8 Å². The zero-order chi connectivity index (χ0) is 26.3. The van der Waals surface area contributed by atoms with E-state index in [2.05, 4.69) is 36.4 Å². The molecular formula is C32H36O5S. The quantitative estimate of drug-likeness (QED) is 0.313. The Kier molecular flexibility index (Phi) is 8.79. The molecule has 200 valence electrons. The van der Waals surface area contributed by atoms with Crippen LogP contribution in [0.1, 0.15) is 47.9 Å². The maximum absolute atomic E-state index is 11.6. The van der Waals surface area contributed by atoms with Crippen LogP contribution in [0.2, 0.25) is 0 Å². The number of esters is 1. The van der Waals surface area contributed by atoms with Crippen molar-refractivity contribution in [3.05, 3.63) is 82.9 Å². The highest BCUT2D eigenvalue weighted by Gasteiger charge is 2.20. The molecule has 0 amide bonds. The molecule has 1 heterocycles. The second-order valence-corrected chi connectivity index (χ2v) is 12.0. The summed E-state index contributed by atoms with van der Waals surface area (Å²) in [5, 5.41) is 0. The van der Waals surface area contributed by atoms with E-state index in [9.17, 15) is 9.00 Å². The lowest BCUT2D eigenvalue weighted by Gasteiger charge is -2.22. The molecule has 3 aromatic carbocycles. The molecule has 0 radical (unpaired) electrons. The van der Waals surface area contributed by atoms with E-state index in [0.29, 0.717) is 32.0 Å². The molecule has 5 rings (SSSR count). The normalized spacial score (nSPS) is 18.6. The van der Waals surface area contributed by atoms with E-state index in [4.69, 9.17) is 14.2 Å². The van der Waals surface area contributed by atoms with Gasteiger partial charge >= 0.3 is 5.97 Å². The Morgan fingerprint density at radius 2 is 1.58 bits per heavy atom. The predicted octanol–water partition coefficient (Wildman–Crippen LogP) is 6.06. The fraction of sp³-hybridized carbons (Fsp3) is 0.406. The van der Waals surface area contributed by atoms with E-state index >= 15 is 0 Å². The summed E-state index contributed by atoms with van der Waals surface area (Å²) in [6, 6.07) is 21.1. The zero-order valence-electron chi connectivity index (χ0n) is 22.1. The number of carbonyl (C=O) groups excluding carboxylic acids is 1. The maximum atomic E-state index is 11.6. The van der Waals surface area contributed by atoms with Gasteiger partial charge in [0.15, 0.2) is 0 Å². The van der Waals surface area contributed by atoms with E-state index in [1.54, 1.807) is 0 Å². The first kappa shape index (κ1) is 26.5. The van der Waals surface area contributed by atoms with Crippen molar-refractivity contribution >= 4 is 16.8 Å². The van der Waals surface area contributed by atoms with Crippen LogP contribution >= 0.6 is 0 Å². The molecular weight excluding hydrogens is 496 g/mol. The molecule has 1 saturated heterocycles. The summed E-state index contributed by atoms with van der Waals surface area (Å²) < 4.78 is 28.6. The number of carbonyl (C=O) groups is 1. The minimum absolute atomic E-state index is 0.196. The van der Waals surface area contributed by atoms with Crippen LogP contribution in [0.3, 0.4) is 0 Å². The van der Waals surface area contributed by atoms with Crippen molar-refractivity contribution in [2.45, 2.75) is 51.6 Å². The van der Waals surface area contributed by atoms with Crippen LogP contribution < -0.4 is 9.47 Å². The summed E-state index contributed by atoms with van der Waals surface area (Å²) in [5.74, 6) is 3.68. The molecule has 0 saturated carbocycles. The second kappa shape index (κ2) is 12.6. The summed E-state index contributed by atoms with van der Waals surface area (Å²) in [6.45, 7) is 1.21. The molecule has 38 heavy (non-hydrogen) atoms. The standard InChI is InChI=1S/C32H36O5S/c1-35-32(33)14-8-23-6-10-28(11-7-23)36-22-25-5-9-26-3-2-4-27-20-29(12-13-30(27)31(26)19-25)37-21-24-15-17-38(34)18-16-24/h5-7,9-13,19-20,24H,2-4,8,14-18,21-22H2,1H3. The van der Waals surface area contributed by atoms with E-state index in [1.807, 2.05) is 24.3 Å². The summed E-state index contributed by atoms with van der Waals surface area (Å²) in [7, 11) is 0.783. The van der Waals surface area contributed by atoms with Gasteiger partial charge in [-0.1, -0.05) is 30.3 Å². The molecule has 0 N–H and O–H groups in total. The van der Waals surface area contributed by atoms with Crippen molar-refractivity contribution in [2.75, 3.05) is 25.2 Å². The zero-order valence-corrected chi connectivity index (χ0v) is 22.9. The highest BCUT2D eigenvalue weighted by Crippen LogP contribution is 2.35. The van der Waals surface area contributed by atoms with Gasteiger partial charge in [0.05, 0.1) is 13.7 Å².